The van der Waals surface area contributed by atoms with Gasteiger partial charge in [0.2, 0.25) is 0 Å². The van der Waals surface area contributed by atoms with Crippen LogP contribution in [0.15, 0.2) is 65.7 Å². The van der Waals surface area contributed by atoms with Crippen LogP contribution in [0, 0.1) is 25.2 Å². The van der Waals surface area contributed by atoms with Gasteiger partial charge in [-0.3, -0.25) is 19.9 Å². The molecule has 0 aliphatic heterocycles. The molecule has 3 rings (SSSR count). The molecule has 0 aliphatic rings. The van der Waals surface area contributed by atoms with Gasteiger partial charge in [0.15, 0.2) is 0 Å². The van der Waals surface area contributed by atoms with Crippen molar-refractivity contribution in [2.24, 2.45) is 4.99 Å². The summed E-state index contributed by atoms with van der Waals surface area (Å²) in [4.78, 5) is 16.8. The number of aliphatic imine (C=N–C) groups is 1. The normalized spacial score (nSPS) is 10.7. The average molecular weight is 342 g/mol. The molecule has 0 spiro atoms. The van der Waals surface area contributed by atoms with Gasteiger partial charge in [-0.25, -0.2) is 0 Å². The van der Waals surface area contributed by atoms with Gasteiger partial charge in [-0.1, -0.05) is 18.2 Å². The highest BCUT2D eigenvalue weighted by molar-refractivity contribution is 6.00. The Morgan fingerprint density at radius 1 is 1.12 bits per heavy atom. The molecule has 2 aromatic carbocycles. The number of carbonyl (C=O) groups is 1. The van der Waals surface area contributed by atoms with Crippen molar-refractivity contribution in [3.05, 3.63) is 88.7 Å². The maximum absolute atomic E-state index is 12.4. The van der Waals surface area contributed by atoms with Crippen molar-refractivity contribution in [2.75, 3.05) is 5.43 Å². The van der Waals surface area contributed by atoms with Crippen LogP contribution in [-0.2, 0) is 0 Å². The summed E-state index contributed by atoms with van der Waals surface area (Å²) in [5, 5.41) is 8.83. The fraction of sp³-hybridized carbons (Fsp3) is 0.0952. The lowest BCUT2D eigenvalue weighted by Gasteiger charge is -2.11. The summed E-state index contributed by atoms with van der Waals surface area (Å²) in [5.74, 6) is -0.164. The fourth-order valence-electron chi connectivity index (χ4n) is 2.61. The Kier molecular flexibility index (Phi) is 4.95. The first-order valence-electron chi connectivity index (χ1n) is 8.18. The van der Waals surface area contributed by atoms with E-state index in [0.717, 1.165) is 22.6 Å². The summed E-state index contributed by atoms with van der Waals surface area (Å²) in [6.07, 6.45) is 1.76. The molecule has 0 atom stereocenters. The molecule has 3 aromatic rings. The van der Waals surface area contributed by atoms with E-state index < -0.39 is 0 Å². The Morgan fingerprint density at radius 2 is 1.81 bits per heavy atom. The molecule has 5 heteroatoms. The number of carbonyl (C=O) groups excluding carboxylic acids is 1. The maximum Gasteiger partial charge on any atom is 0.270 e. The first kappa shape index (κ1) is 17.2. The molecule has 0 fully saturated rings. The molecule has 5 nitrogen and oxygen atoms in total. The molecule has 0 unspecified atom stereocenters. The van der Waals surface area contributed by atoms with E-state index in [-0.39, 0.29) is 5.91 Å². The third-order valence-corrected chi connectivity index (χ3v) is 4.07. The number of hydrogen-bond donors (Lipinski definition) is 1. The van der Waals surface area contributed by atoms with Crippen molar-refractivity contribution in [3.8, 4) is 6.07 Å². The van der Waals surface area contributed by atoms with Crippen LogP contribution in [0.5, 0.6) is 0 Å². The van der Waals surface area contributed by atoms with Gasteiger partial charge in [-0.05, 0) is 56.3 Å². The van der Waals surface area contributed by atoms with E-state index in [1.807, 2.05) is 38.1 Å². The number of nitrogens with zero attached hydrogens (tertiary/aromatic N) is 3. The topological polar surface area (TPSA) is 70.2 Å². The molecular weight excluding hydrogens is 324 g/mol. The Labute approximate surface area is 152 Å². The predicted molar refractivity (Wildman–Crippen MR) is 102 cm³/mol. The van der Waals surface area contributed by atoms with E-state index in [0.29, 0.717) is 11.1 Å². The summed E-state index contributed by atoms with van der Waals surface area (Å²) in [6.45, 7) is 3.86. The summed E-state index contributed by atoms with van der Waals surface area (Å²) >= 11 is 0. The molecule has 0 radical (unpaired) electrons. The minimum atomic E-state index is -0.164. The molecule has 0 saturated carbocycles. The largest absolute Gasteiger partial charge is 0.270 e. The number of aromatic nitrogens is 1. The summed E-state index contributed by atoms with van der Waals surface area (Å²) in [7, 11) is 0. The molecule has 1 aromatic heterocycles. The van der Waals surface area contributed by atoms with Crippen LogP contribution in [0.2, 0.25) is 0 Å². The summed E-state index contributed by atoms with van der Waals surface area (Å²) in [6, 6.07) is 20.2. The van der Waals surface area contributed by atoms with Gasteiger partial charge in [-0.15, -0.1) is 0 Å². The second kappa shape index (κ2) is 7.49. The van der Waals surface area contributed by atoms with Crippen molar-refractivity contribution < 1.29 is 4.79 Å². The zero-order valence-corrected chi connectivity index (χ0v) is 14.6. The van der Waals surface area contributed by atoms with Gasteiger partial charge < -0.3 is 0 Å². The summed E-state index contributed by atoms with van der Waals surface area (Å²) < 4.78 is 1.76. The van der Waals surface area contributed by atoms with Gasteiger partial charge in [0.1, 0.15) is 0 Å². The standard InChI is InChI=1S/C21H18N4O/c1-15-12-19(14-23-20-10-8-17(13-22)9-11-20)16(2)25(15)24-21(26)18-6-4-3-5-7-18/h3-12,14H,1-2H3,(H,24,26). The lowest BCUT2D eigenvalue weighted by atomic mass is 10.2. The van der Waals surface area contributed by atoms with Crippen molar-refractivity contribution in [1.82, 2.24) is 4.68 Å². The van der Waals surface area contributed by atoms with Crippen LogP contribution in [0.1, 0.15) is 32.9 Å². The van der Waals surface area contributed by atoms with Crippen LogP contribution < -0.4 is 5.43 Å². The van der Waals surface area contributed by atoms with E-state index in [1.54, 1.807) is 47.3 Å². The highest BCUT2D eigenvalue weighted by atomic mass is 16.2. The van der Waals surface area contributed by atoms with Crippen molar-refractivity contribution >= 4 is 17.8 Å². The average Bonchev–Trinajstić information content (AvgIpc) is 2.95. The Hall–Kier alpha value is -3.65. The Bertz CT molecular complexity index is 993. The first-order chi connectivity index (χ1) is 12.6. The smallest absolute Gasteiger partial charge is 0.267 e. The van der Waals surface area contributed by atoms with E-state index in [1.165, 1.54) is 0 Å². The van der Waals surface area contributed by atoms with Gasteiger partial charge >= 0.3 is 0 Å². The number of nitrogens with one attached hydrogen (secondary N) is 1. The van der Waals surface area contributed by atoms with Gasteiger partial charge in [0.05, 0.1) is 17.3 Å². The van der Waals surface area contributed by atoms with Gasteiger partial charge in [-0.2, -0.15) is 5.26 Å². The number of rotatable bonds is 4. The molecule has 0 aliphatic carbocycles. The second-order valence-corrected chi connectivity index (χ2v) is 5.89. The number of amides is 1. The van der Waals surface area contributed by atoms with Crippen LogP contribution in [0.25, 0.3) is 0 Å². The first-order valence-corrected chi connectivity index (χ1v) is 8.18. The SMILES string of the molecule is Cc1cc(C=Nc2ccc(C#N)cc2)c(C)n1NC(=O)c1ccccc1. The zero-order chi connectivity index (χ0) is 18.5. The highest BCUT2D eigenvalue weighted by Crippen LogP contribution is 2.16. The number of hydrogen-bond acceptors (Lipinski definition) is 3. The van der Waals surface area contributed by atoms with E-state index in [4.69, 9.17) is 5.26 Å². The summed E-state index contributed by atoms with van der Waals surface area (Å²) in [5.41, 5.74) is 7.60. The third kappa shape index (κ3) is 3.70. The van der Waals surface area contributed by atoms with E-state index in [2.05, 4.69) is 16.5 Å². The van der Waals surface area contributed by atoms with Crippen LogP contribution in [0.3, 0.4) is 0 Å². The molecular formula is C21H18N4O. The molecule has 0 saturated heterocycles. The van der Waals surface area contributed by atoms with Crippen molar-refractivity contribution in [1.29, 1.82) is 5.26 Å². The molecule has 128 valence electrons. The zero-order valence-electron chi connectivity index (χ0n) is 14.6. The molecule has 26 heavy (non-hydrogen) atoms. The van der Waals surface area contributed by atoms with Crippen LogP contribution in [0.4, 0.5) is 5.69 Å². The van der Waals surface area contributed by atoms with E-state index >= 15 is 0 Å². The van der Waals surface area contributed by atoms with Crippen LogP contribution >= 0.6 is 0 Å². The van der Waals surface area contributed by atoms with Gasteiger partial charge in [0, 0.05) is 28.7 Å². The quantitative estimate of drug-likeness (QED) is 0.725. The molecule has 1 amide bonds. The third-order valence-electron chi connectivity index (χ3n) is 4.07. The Balaban J connectivity index is 1.80. The predicted octanol–water partition coefficient (Wildman–Crippen LogP) is 4.11. The maximum atomic E-state index is 12.4. The second-order valence-electron chi connectivity index (χ2n) is 5.89. The van der Waals surface area contributed by atoms with Crippen molar-refractivity contribution in [2.45, 2.75) is 13.8 Å². The lowest BCUT2D eigenvalue weighted by Crippen LogP contribution is -2.24. The van der Waals surface area contributed by atoms with Gasteiger partial charge in [0.25, 0.3) is 5.91 Å². The molecule has 0 bridgehead atoms. The number of aryl methyl sites for hydroxylation is 1. The molecule has 1 heterocycles. The highest BCUT2D eigenvalue weighted by Gasteiger charge is 2.11. The number of benzene rings is 2. The van der Waals surface area contributed by atoms with Crippen LogP contribution in [-0.4, -0.2) is 16.8 Å². The molecule has 1 N–H and O–H groups in total. The van der Waals surface area contributed by atoms with Crippen molar-refractivity contribution in [3.63, 3.8) is 0 Å². The fourth-order valence-corrected chi connectivity index (χ4v) is 2.61. The Morgan fingerprint density at radius 3 is 2.46 bits per heavy atom. The minimum absolute atomic E-state index is 0.164. The number of nitriles is 1. The lowest BCUT2D eigenvalue weighted by molar-refractivity contribution is 0.101. The van der Waals surface area contributed by atoms with E-state index in [9.17, 15) is 4.79 Å². The monoisotopic (exact) mass is 342 g/mol. The minimum Gasteiger partial charge on any atom is -0.267 e.